The van der Waals surface area contributed by atoms with Crippen molar-refractivity contribution in [2.45, 2.75) is 19.2 Å². The lowest BCUT2D eigenvalue weighted by atomic mass is 10.1. The molecule has 0 aliphatic heterocycles. The van der Waals surface area contributed by atoms with Crippen LogP contribution in [0.15, 0.2) is 51.7 Å². The summed E-state index contributed by atoms with van der Waals surface area (Å²) in [6.07, 6.45) is 0. The van der Waals surface area contributed by atoms with Gasteiger partial charge in [0, 0.05) is 16.8 Å². The highest BCUT2D eigenvalue weighted by Crippen LogP contribution is 2.17. The third-order valence-electron chi connectivity index (χ3n) is 3.61. The van der Waals surface area contributed by atoms with Gasteiger partial charge in [0.05, 0.1) is 10.9 Å². The number of rotatable bonds is 4. The molecule has 7 heteroatoms. The maximum atomic E-state index is 12.0. The number of nitrogens with zero attached hydrogens (tertiary/aromatic N) is 1. The van der Waals surface area contributed by atoms with Gasteiger partial charge in [-0.25, -0.2) is 4.98 Å². The Balaban J connectivity index is 1.59. The number of aryl methyl sites for hydroxylation is 1. The van der Waals surface area contributed by atoms with E-state index in [-0.39, 0.29) is 5.56 Å². The van der Waals surface area contributed by atoms with Crippen molar-refractivity contribution in [1.29, 1.82) is 0 Å². The van der Waals surface area contributed by atoms with Crippen molar-refractivity contribution in [3.8, 4) is 0 Å². The molecular weight excluding hydrogens is 418 g/mol. The van der Waals surface area contributed by atoms with Crippen LogP contribution in [0.5, 0.6) is 0 Å². The van der Waals surface area contributed by atoms with Crippen molar-refractivity contribution in [3.05, 3.63) is 74.2 Å². The third-order valence-corrected chi connectivity index (χ3v) is 5.52. The molecule has 128 valence electrons. The number of aromatic amines is 1. The molecule has 0 saturated heterocycles. The molecule has 25 heavy (non-hydrogen) atoms. The number of H-pyrrole nitrogens is 1. The summed E-state index contributed by atoms with van der Waals surface area (Å²) in [5, 5.41) is 3.82. The van der Waals surface area contributed by atoms with E-state index in [0.29, 0.717) is 23.3 Å². The summed E-state index contributed by atoms with van der Waals surface area (Å²) in [4.78, 5) is 19.1. The number of halogens is 1. The highest BCUT2D eigenvalue weighted by molar-refractivity contribution is 9.10. The van der Waals surface area contributed by atoms with Gasteiger partial charge < -0.3 is 10.3 Å². The van der Waals surface area contributed by atoms with Gasteiger partial charge in [0.2, 0.25) is 0 Å². The van der Waals surface area contributed by atoms with E-state index in [1.54, 1.807) is 18.7 Å². The number of thioether (sulfide) groups is 1. The van der Waals surface area contributed by atoms with E-state index in [2.05, 4.69) is 43.3 Å². The number of fused-ring (bicyclic) bond motifs is 1. The Bertz CT molecular complexity index is 970. The Morgan fingerprint density at radius 2 is 1.96 bits per heavy atom. The van der Waals surface area contributed by atoms with Gasteiger partial charge in [-0.15, -0.1) is 0 Å². The van der Waals surface area contributed by atoms with Gasteiger partial charge >= 0.3 is 0 Å². The first-order chi connectivity index (χ1) is 12.0. The largest absolute Gasteiger partial charge is 0.367 e. The van der Waals surface area contributed by atoms with Crippen LogP contribution in [0.2, 0.25) is 0 Å². The zero-order valence-corrected chi connectivity index (χ0v) is 16.7. The fraction of sp³-hybridized carbons (Fsp3) is 0.167. The highest BCUT2D eigenvalue weighted by Gasteiger charge is 2.04. The van der Waals surface area contributed by atoms with Crippen LogP contribution >= 0.6 is 39.9 Å². The Morgan fingerprint density at radius 3 is 2.72 bits per heavy atom. The van der Waals surface area contributed by atoms with Gasteiger partial charge in [-0.3, -0.25) is 4.79 Å². The molecule has 3 aromatic rings. The number of hydrogen-bond donors (Lipinski definition) is 2. The Labute approximate surface area is 163 Å². The molecule has 0 fully saturated rings. The lowest BCUT2D eigenvalue weighted by molar-refractivity contribution is 0.940. The standard InChI is InChI=1S/C18H16BrN3OS2/c1-11-21-16-7-4-13(8-15(16)17(23)22-11)9-20-18(24)25-10-12-2-5-14(19)6-3-12/h2-8H,9-10H2,1H3,(H,20,24)(H,21,22,23). The normalized spacial score (nSPS) is 10.8. The number of nitrogens with one attached hydrogen (secondary N) is 2. The first kappa shape index (κ1) is 18.1. The Kier molecular flexibility index (Phi) is 5.88. The van der Waals surface area contributed by atoms with Crippen molar-refractivity contribution in [3.63, 3.8) is 0 Å². The molecule has 2 N–H and O–H groups in total. The fourth-order valence-corrected chi connectivity index (χ4v) is 3.55. The number of aromatic nitrogens is 2. The van der Waals surface area contributed by atoms with Crippen LogP contribution in [-0.4, -0.2) is 14.3 Å². The molecule has 0 atom stereocenters. The molecule has 1 aromatic heterocycles. The molecule has 0 amide bonds. The van der Waals surface area contributed by atoms with Crippen molar-refractivity contribution in [2.24, 2.45) is 0 Å². The minimum atomic E-state index is -0.114. The monoisotopic (exact) mass is 433 g/mol. The highest BCUT2D eigenvalue weighted by atomic mass is 79.9. The predicted octanol–water partition coefficient (Wildman–Crippen LogP) is 4.30. The van der Waals surface area contributed by atoms with Crippen molar-refractivity contribution in [2.75, 3.05) is 0 Å². The quantitative estimate of drug-likeness (QED) is 0.600. The van der Waals surface area contributed by atoms with Crippen molar-refractivity contribution < 1.29 is 0 Å². The maximum Gasteiger partial charge on any atom is 0.258 e. The second-order valence-corrected chi connectivity index (χ2v) is 8.13. The molecular formula is C18H16BrN3OS2. The van der Waals surface area contributed by atoms with Gasteiger partial charge in [-0.1, -0.05) is 58.1 Å². The lowest BCUT2D eigenvalue weighted by Gasteiger charge is -2.08. The summed E-state index contributed by atoms with van der Waals surface area (Å²) < 4.78 is 1.80. The van der Waals surface area contributed by atoms with Crippen LogP contribution in [0.25, 0.3) is 10.9 Å². The van der Waals surface area contributed by atoms with Crippen molar-refractivity contribution in [1.82, 2.24) is 15.3 Å². The van der Waals surface area contributed by atoms with Crippen LogP contribution in [-0.2, 0) is 12.3 Å². The zero-order valence-electron chi connectivity index (χ0n) is 13.5. The molecule has 0 unspecified atom stereocenters. The lowest BCUT2D eigenvalue weighted by Crippen LogP contribution is -2.18. The molecule has 0 radical (unpaired) electrons. The summed E-state index contributed by atoms with van der Waals surface area (Å²) in [6, 6.07) is 13.9. The molecule has 2 aromatic carbocycles. The summed E-state index contributed by atoms with van der Waals surface area (Å²) in [5.74, 6) is 1.44. The Morgan fingerprint density at radius 1 is 1.24 bits per heavy atom. The molecule has 0 spiro atoms. The van der Waals surface area contributed by atoms with Crippen LogP contribution < -0.4 is 10.9 Å². The minimum Gasteiger partial charge on any atom is -0.367 e. The second kappa shape index (κ2) is 8.12. The second-order valence-electron chi connectivity index (χ2n) is 5.56. The van der Waals surface area contributed by atoms with Gasteiger partial charge in [-0.05, 0) is 42.3 Å². The average Bonchev–Trinajstić information content (AvgIpc) is 2.59. The van der Waals surface area contributed by atoms with Crippen molar-refractivity contribution >= 4 is 55.1 Å². The number of thiocarbonyl (C=S) groups is 1. The van der Waals surface area contributed by atoms with Crippen LogP contribution in [0.4, 0.5) is 0 Å². The number of benzene rings is 2. The molecule has 0 aliphatic carbocycles. The molecule has 0 bridgehead atoms. The van der Waals surface area contributed by atoms with Crippen LogP contribution in [0, 0.1) is 6.92 Å². The zero-order chi connectivity index (χ0) is 17.8. The smallest absolute Gasteiger partial charge is 0.258 e. The summed E-state index contributed by atoms with van der Waals surface area (Å²) in [7, 11) is 0. The van der Waals surface area contributed by atoms with E-state index in [0.717, 1.165) is 20.1 Å². The first-order valence-electron chi connectivity index (χ1n) is 7.66. The molecule has 0 aliphatic rings. The van der Waals surface area contributed by atoms with Gasteiger partial charge in [0.15, 0.2) is 0 Å². The van der Waals surface area contributed by atoms with E-state index in [1.807, 2.05) is 30.3 Å². The van der Waals surface area contributed by atoms with Gasteiger partial charge in [0.25, 0.3) is 5.56 Å². The SMILES string of the molecule is Cc1nc2ccc(CNC(=S)SCc3ccc(Br)cc3)cc2c(=O)[nH]1. The molecule has 1 heterocycles. The van der Waals surface area contributed by atoms with E-state index in [4.69, 9.17) is 12.2 Å². The predicted molar refractivity (Wildman–Crippen MR) is 112 cm³/mol. The molecule has 4 nitrogen and oxygen atoms in total. The average molecular weight is 434 g/mol. The summed E-state index contributed by atoms with van der Waals surface area (Å²) in [5.41, 5.74) is 2.81. The van der Waals surface area contributed by atoms with E-state index in [9.17, 15) is 4.79 Å². The van der Waals surface area contributed by atoms with Crippen LogP contribution in [0.1, 0.15) is 17.0 Å². The molecule has 3 rings (SSSR count). The van der Waals surface area contributed by atoms with E-state index >= 15 is 0 Å². The topological polar surface area (TPSA) is 57.8 Å². The molecule has 0 saturated carbocycles. The third kappa shape index (κ3) is 4.90. The summed E-state index contributed by atoms with van der Waals surface area (Å²) >= 11 is 10.4. The minimum absolute atomic E-state index is 0.114. The maximum absolute atomic E-state index is 12.0. The summed E-state index contributed by atoms with van der Waals surface area (Å²) in [6.45, 7) is 2.35. The number of hydrogen-bond acceptors (Lipinski definition) is 4. The van der Waals surface area contributed by atoms with Gasteiger partial charge in [0.1, 0.15) is 10.1 Å². The Hall–Kier alpha value is -1.70. The van der Waals surface area contributed by atoms with E-state index < -0.39 is 0 Å². The van der Waals surface area contributed by atoms with E-state index in [1.165, 1.54) is 5.56 Å². The first-order valence-corrected chi connectivity index (χ1v) is 9.84. The fourth-order valence-electron chi connectivity index (χ4n) is 2.37. The van der Waals surface area contributed by atoms with Crippen LogP contribution in [0.3, 0.4) is 0 Å². The van der Waals surface area contributed by atoms with Gasteiger partial charge in [-0.2, -0.15) is 0 Å².